The molecule has 49 heavy (non-hydrogen) atoms. The Morgan fingerprint density at radius 3 is 1.59 bits per heavy atom. The van der Waals surface area contributed by atoms with E-state index in [0.29, 0.717) is 6.42 Å². The van der Waals surface area contributed by atoms with Crippen LogP contribution in [0.1, 0.15) is 194 Å². The molecule has 2 atom stereocenters. The van der Waals surface area contributed by atoms with Crippen LogP contribution < -0.4 is 5.32 Å². The summed E-state index contributed by atoms with van der Waals surface area (Å²) in [5.74, 6) is -0.520. The Bertz CT molecular complexity index is 825. The van der Waals surface area contributed by atoms with E-state index in [0.717, 1.165) is 64.2 Å². The van der Waals surface area contributed by atoms with E-state index < -0.39 is 26.5 Å². The molecule has 10 heteroatoms. The first-order valence-corrected chi connectivity index (χ1v) is 21.7. The van der Waals surface area contributed by atoms with Gasteiger partial charge in [-0.15, -0.1) is 0 Å². The number of amides is 1. The highest BCUT2D eigenvalue weighted by Gasteiger charge is 2.23. The van der Waals surface area contributed by atoms with Crippen molar-refractivity contribution in [2.24, 2.45) is 0 Å². The summed E-state index contributed by atoms with van der Waals surface area (Å²) >= 11 is 0. The molecular formula is C39H76NO8P. The molecule has 290 valence electrons. The lowest BCUT2D eigenvalue weighted by Gasteiger charge is -2.15. The number of allylic oxidation sites excluding steroid dienone is 2. The maximum absolute atomic E-state index is 12.1. The molecule has 0 aliphatic carbocycles. The smallest absolute Gasteiger partial charge is 0.463 e. The fraction of sp³-hybridized carbons (Fsp3) is 0.897. The van der Waals surface area contributed by atoms with Crippen molar-refractivity contribution in [2.75, 3.05) is 26.4 Å². The Labute approximate surface area is 300 Å². The summed E-state index contributed by atoms with van der Waals surface area (Å²) < 4.78 is 26.8. The monoisotopic (exact) mass is 718 g/mol. The Morgan fingerprint density at radius 1 is 0.612 bits per heavy atom. The Kier molecular flexibility index (Phi) is 35.6. The summed E-state index contributed by atoms with van der Waals surface area (Å²) in [4.78, 5) is 33.8. The molecule has 3 N–H and O–H groups in total. The van der Waals surface area contributed by atoms with Crippen LogP contribution in [0.2, 0.25) is 0 Å². The van der Waals surface area contributed by atoms with Crippen molar-refractivity contribution < 1.29 is 37.9 Å². The summed E-state index contributed by atoms with van der Waals surface area (Å²) in [6.07, 6.45) is 35.7. The molecule has 0 saturated heterocycles. The number of esters is 1. The average Bonchev–Trinajstić information content (AvgIpc) is 3.08. The minimum atomic E-state index is -4.41. The van der Waals surface area contributed by atoms with Crippen LogP contribution in [-0.4, -0.2) is 54.3 Å². The molecular weight excluding hydrogens is 641 g/mol. The second-order valence-electron chi connectivity index (χ2n) is 13.6. The van der Waals surface area contributed by atoms with Crippen molar-refractivity contribution in [1.29, 1.82) is 0 Å². The minimum absolute atomic E-state index is 0.0853. The molecule has 0 bridgehead atoms. The van der Waals surface area contributed by atoms with Gasteiger partial charge in [-0.1, -0.05) is 161 Å². The lowest BCUT2D eigenvalue weighted by Crippen LogP contribution is -2.27. The molecule has 0 aliphatic rings. The van der Waals surface area contributed by atoms with E-state index in [4.69, 9.17) is 13.8 Å². The number of aliphatic hydroxyl groups is 1. The van der Waals surface area contributed by atoms with Crippen LogP contribution in [0.5, 0.6) is 0 Å². The Hall–Kier alpha value is -1.25. The zero-order valence-corrected chi connectivity index (χ0v) is 32.5. The highest BCUT2D eigenvalue weighted by Crippen LogP contribution is 2.42. The quantitative estimate of drug-likeness (QED) is 0.0249. The van der Waals surface area contributed by atoms with Crippen molar-refractivity contribution in [1.82, 2.24) is 5.32 Å². The number of hydrogen-bond acceptors (Lipinski definition) is 7. The van der Waals surface area contributed by atoms with Crippen LogP contribution in [0.25, 0.3) is 0 Å². The van der Waals surface area contributed by atoms with Gasteiger partial charge in [0.15, 0.2) is 0 Å². The Balaban J connectivity index is 3.58. The van der Waals surface area contributed by atoms with Gasteiger partial charge in [0.25, 0.3) is 0 Å². The van der Waals surface area contributed by atoms with Gasteiger partial charge >= 0.3 is 13.8 Å². The topological polar surface area (TPSA) is 131 Å². The molecule has 0 radical (unpaired) electrons. The fourth-order valence-electron chi connectivity index (χ4n) is 5.60. The Morgan fingerprint density at radius 2 is 1.06 bits per heavy atom. The SMILES string of the molecule is CCCC/C=C\CCCCCCCC(=O)OCC(O)COP(=O)(O)OCCNC(=O)CCCCCCCCCCCCCCCCCCC. The van der Waals surface area contributed by atoms with E-state index in [1.54, 1.807) is 0 Å². The van der Waals surface area contributed by atoms with Crippen LogP contribution in [0.4, 0.5) is 0 Å². The van der Waals surface area contributed by atoms with Gasteiger partial charge in [0.05, 0.1) is 13.2 Å². The van der Waals surface area contributed by atoms with Crippen molar-refractivity contribution in [3.63, 3.8) is 0 Å². The maximum Gasteiger partial charge on any atom is 0.472 e. The summed E-state index contributed by atoms with van der Waals surface area (Å²) in [6.45, 7) is 3.52. The zero-order chi connectivity index (χ0) is 36.1. The number of hydrogen-bond donors (Lipinski definition) is 3. The molecule has 0 aromatic heterocycles. The maximum atomic E-state index is 12.1. The number of aliphatic hydroxyl groups excluding tert-OH is 1. The molecule has 2 unspecified atom stereocenters. The largest absolute Gasteiger partial charge is 0.472 e. The number of phosphoric ester groups is 1. The summed E-state index contributed by atoms with van der Waals surface area (Å²) in [7, 11) is -4.41. The fourth-order valence-corrected chi connectivity index (χ4v) is 6.35. The second kappa shape index (κ2) is 36.5. The number of carbonyl (C=O) groups is 2. The molecule has 0 rings (SSSR count). The molecule has 0 aromatic carbocycles. The number of unbranched alkanes of at least 4 members (excludes halogenated alkanes) is 23. The molecule has 0 heterocycles. The van der Waals surface area contributed by atoms with E-state index in [2.05, 4.69) is 31.3 Å². The van der Waals surface area contributed by atoms with E-state index in [-0.39, 0.29) is 32.1 Å². The standard InChI is InChI=1S/C39H76NO8P/c1-3-5-7-9-11-13-15-16-17-18-19-20-22-23-25-27-29-31-38(42)40-33-34-47-49(44,45)48-36-37(41)35-46-39(43)32-30-28-26-24-21-14-12-10-8-6-4-2/h10,12,37,41H,3-9,11,13-36H2,1-2H3,(H,40,42)(H,44,45)/b12-10-. The van der Waals surface area contributed by atoms with Crippen LogP contribution >= 0.6 is 7.82 Å². The second-order valence-corrected chi connectivity index (χ2v) is 15.1. The molecule has 1 amide bonds. The zero-order valence-electron chi connectivity index (χ0n) is 31.7. The average molecular weight is 718 g/mol. The lowest BCUT2D eigenvalue weighted by molar-refractivity contribution is -0.147. The van der Waals surface area contributed by atoms with Crippen LogP contribution in [0.15, 0.2) is 12.2 Å². The minimum Gasteiger partial charge on any atom is -0.463 e. The van der Waals surface area contributed by atoms with Gasteiger partial charge in [-0.3, -0.25) is 18.6 Å². The summed E-state index contributed by atoms with van der Waals surface area (Å²) in [5.41, 5.74) is 0. The molecule has 0 saturated carbocycles. The first-order valence-electron chi connectivity index (χ1n) is 20.2. The molecule has 0 fully saturated rings. The van der Waals surface area contributed by atoms with Gasteiger partial charge < -0.3 is 20.1 Å². The molecule has 0 spiro atoms. The highest BCUT2D eigenvalue weighted by atomic mass is 31.2. The van der Waals surface area contributed by atoms with Gasteiger partial charge in [0.1, 0.15) is 12.7 Å². The molecule has 0 aliphatic heterocycles. The predicted molar refractivity (Wildman–Crippen MR) is 201 cm³/mol. The van der Waals surface area contributed by atoms with Crippen LogP contribution in [-0.2, 0) is 27.9 Å². The van der Waals surface area contributed by atoms with Crippen LogP contribution in [0.3, 0.4) is 0 Å². The summed E-state index contributed by atoms with van der Waals surface area (Å²) in [6, 6.07) is 0. The van der Waals surface area contributed by atoms with Gasteiger partial charge in [0.2, 0.25) is 5.91 Å². The van der Waals surface area contributed by atoms with Gasteiger partial charge in [0, 0.05) is 19.4 Å². The lowest BCUT2D eigenvalue weighted by atomic mass is 10.0. The van der Waals surface area contributed by atoms with E-state index in [1.807, 2.05) is 0 Å². The van der Waals surface area contributed by atoms with Gasteiger partial charge in [-0.25, -0.2) is 4.57 Å². The van der Waals surface area contributed by atoms with Crippen molar-refractivity contribution in [3.8, 4) is 0 Å². The number of rotatable bonds is 38. The highest BCUT2D eigenvalue weighted by molar-refractivity contribution is 7.47. The first-order chi connectivity index (χ1) is 23.8. The summed E-state index contributed by atoms with van der Waals surface area (Å²) in [5, 5.41) is 12.6. The predicted octanol–water partition coefficient (Wildman–Crippen LogP) is 10.7. The number of ether oxygens (including phenoxy) is 1. The van der Waals surface area contributed by atoms with Crippen LogP contribution in [0, 0.1) is 0 Å². The normalized spacial score (nSPS) is 13.5. The third kappa shape index (κ3) is 37.8. The first kappa shape index (κ1) is 47.8. The number of carbonyl (C=O) groups excluding carboxylic acids is 2. The van der Waals surface area contributed by atoms with Crippen molar-refractivity contribution in [3.05, 3.63) is 12.2 Å². The number of nitrogens with one attached hydrogen (secondary N) is 1. The van der Waals surface area contributed by atoms with Crippen molar-refractivity contribution >= 4 is 19.7 Å². The van der Waals surface area contributed by atoms with E-state index in [1.165, 1.54) is 103 Å². The van der Waals surface area contributed by atoms with E-state index in [9.17, 15) is 24.2 Å². The number of phosphoric acid groups is 1. The third-order valence-electron chi connectivity index (χ3n) is 8.70. The van der Waals surface area contributed by atoms with Gasteiger partial charge in [-0.05, 0) is 32.1 Å². The molecule has 0 aromatic rings. The molecule has 9 nitrogen and oxygen atoms in total. The third-order valence-corrected chi connectivity index (χ3v) is 9.68. The van der Waals surface area contributed by atoms with E-state index >= 15 is 0 Å². The van der Waals surface area contributed by atoms with Crippen molar-refractivity contribution in [2.45, 2.75) is 200 Å². The van der Waals surface area contributed by atoms with Gasteiger partial charge in [-0.2, -0.15) is 0 Å².